The predicted molar refractivity (Wildman–Crippen MR) is 108 cm³/mol. The fraction of sp³-hybridized carbons (Fsp3) is 0.368. The first-order valence-corrected chi connectivity index (χ1v) is 9.36. The Kier molecular flexibility index (Phi) is 12.5. The molecule has 29 heavy (non-hydrogen) atoms. The van der Waals surface area contributed by atoms with Gasteiger partial charge in [-0.1, -0.05) is 41.4 Å². The Morgan fingerprint density at radius 3 is 2.00 bits per heavy atom. The van der Waals surface area contributed by atoms with E-state index in [9.17, 15) is 17.6 Å². The smallest absolute Gasteiger partial charge is 0.251 e. The van der Waals surface area contributed by atoms with Crippen LogP contribution in [0.5, 0.6) is 0 Å². The van der Waals surface area contributed by atoms with Crippen LogP contribution in [0.1, 0.15) is 11.1 Å². The van der Waals surface area contributed by atoms with Crippen LogP contribution < -0.4 is 5.32 Å². The Morgan fingerprint density at radius 1 is 0.966 bits per heavy atom. The number of hydrogen-bond acceptors (Lipinski definition) is 4. The zero-order valence-electron chi connectivity index (χ0n) is 15.5. The highest BCUT2D eigenvalue weighted by Gasteiger charge is 2.11. The molecule has 160 valence electrons. The number of halogens is 6. The van der Waals surface area contributed by atoms with Gasteiger partial charge in [0.15, 0.2) is 0 Å². The molecule has 0 atom stereocenters. The summed E-state index contributed by atoms with van der Waals surface area (Å²) in [6, 6.07) is 6.79. The standard InChI is InChI=1S/C11H13ClF2N2.C8H9ClF2N2/c1-2-5-16(8-11(13)14)7-9-3-4-10(12)15-6-9;9-7-2-1-6(4-13-7)3-12-5-8(10)11/h2-4,6,11H,1,5,7-8H2;1-2,4,8,12H,3,5H2. The van der Waals surface area contributed by atoms with Gasteiger partial charge in [0, 0.05) is 32.0 Å². The van der Waals surface area contributed by atoms with E-state index in [2.05, 4.69) is 21.9 Å². The SMILES string of the molecule is C=CCN(Cc1ccc(Cl)nc1)CC(F)F.FC(F)CNCc1ccc(Cl)nc1. The molecule has 1 N–H and O–H groups in total. The molecular weight excluding hydrogens is 431 g/mol. The van der Waals surface area contributed by atoms with Gasteiger partial charge in [-0.25, -0.2) is 27.5 Å². The van der Waals surface area contributed by atoms with E-state index in [1.165, 1.54) is 0 Å². The molecule has 0 radical (unpaired) electrons. The van der Waals surface area contributed by atoms with Gasteiger partial charge in [0.2, 0.25) is 0 Å². The molecule has 0 bridgehead atoms. The average Bonchev–Trinajstić information content (AvgIpc) is 2.65. The third-order valence-corrected chi connectivity index (χ3v) is 3.84. The number of nitrogens with one attached hydrogen (secondary N) is 1. The van der Waals surface area contributed by atoms with Crippen molar-refractivity contribution in [3.8, 4) is 0 Å². The molecule has 0 spiro atoms. The molecule has 0 aliphatic carbocycles. The Balaban J connectivity index is 0.000000296. The number of aromatic nitrogens is 2. The third kappa shape index (κ3) is 12.4. The number of pyridine rings is 2. The zero-order valence-corrected chi connectivity index (χ0v) is 17.1. The second-order valence-electron chi connectivity index (χ2n) is 5.87. The van der Waals surface area contributed by atoms with Crippen molar-refractivity contribution in [1.82, 2.24) is 20.2 Å². The van der Waals surface area contributed by atoms with Gasteiger partial charge < -0.3 is 5.32 Å². The number of alkyl halides is 4. The molecule has 2 rings (SSSR count). The van der Waals surface area contributed by atoms with E-state index in [4.69, 9.17) is 23.2 Å². The fourth-order valence-corrected chi connectivity index (χ4v) is 2.40. The van der Waals surface area contributed by atoms with E-state index in [-0.39, 0.29) is 13.1 Å². The molecule has 4 nitrogen and oxygen atoms in total. The topological polar surface area (TPSA) is 41.1 Å². The number of rotatable bonds is 10. The predicted octanol–water partition coefficient (Wildman–Crippen LogP) is 5.08. The van der Waals surface area contributed by atoms with Crippen LogP contribution >= 0.6 is 23.2 Å². The van der Waals surface area contributed by atoms with Gasteiger partial charge in [-0.05, 0) is 23.3 Å². The fourth-order valence-electron chi connectivity index (χ4n) is 2.18. The van der Waals surface area contributed by atoms with Crippen molar-refractivity contribution < 1.29 is 17.6 Å². The molecule has 0 aromatic carbocycles. The van der Waals surface area contributed by atoms with Gasteiger partial charge >= 0.3 is 0 Å². The zero-order chi connectivity index (χ0) is 21.6. The minimum atomic E-state index is -2.35. The molecule has 10 heteroatoms. The highest BCUT2D eigenvalue weighted by molar-refractivity contribution is 6.29. The van der Waals surface area contributed by atoms with Gasteiger partial charge in [-0.2, -0.15) is 0 Å². The minimum Gasteiger partial charge on any atom is -0.307 e. The first-order valence-electron chi connectivity index (χ1n) is 8.61. The largest absolute Gasteiger partial charge is 0.307 e. The first-order chi connectivity index (χ1) is 13.8. The summed E-state index contributed by atoms with van der Waals surface area (Å²) < 4.78 is 47.9. The average molecular weight is 453 g/mol. The molecule has 0 unspecified atom stereocenters. The van der Waals surface area contributed by atoms with E-state index in [0.29, 0.717) is 29.9 Å². The quantitative estimate of drug-likeness (QED) is 0.310. The maximum absolute atomic E-state index is 12.3. The molecule has 0 saturated heterocycles. The number of nitrogens with zero attached hydrogens (tertiary/aromatic N) is 3. The van der Waals surface area contributed by atoms with Crippen LogP contribution in [0.4, 0.5) is 17.6 Å². The van der Waals surface area contributed by atoms with Crippen molar-refractivity contribution in [1.29, 1.82) is 0 Å². The summed E-state index contributed by atoms with van der Waals surface area (Å²) in [5.74, 6) is 0. The van der Waals surface area contributed by atoms with Crippen LogP contribution in [0.2, 0.25) is 10.3 Å². The second kappa shape index (κ2) is 14.3. The van der Waals surface area contributed by atoms with Crippen molar-refractivity contribution in [2.24, 2.45) is 0 Å². The molecule has 0 saturated carbocycles. The Labute approximate surface area is 177 Å². The minimum absolute atomic E-state index is 0.269. The lowest BCUT2D eigenvalue weighted by Gasteiger charge is -2.19. The molecule has 2 aromatic rings. The van der Waals surface area contributed by atoms with Crippen LogP contribution in [0, 0.1) is 0 Å². The van der Waals surface area contributed by atoms with E-state index < -0.39 is 12.9 Å². The van der Waals surface area contributed by atoms with Gasteiger partial charge in [0.1, 0.15) is 10.3 Å². The molecule has 0 aliphatic heterocycles. The normalized spacial score (nSPS) is 10.9. The Hall–Kier alpha value is -1.74. The molecule has 0 aliphatic rings. The Morgan fingerprint density at radius 2 is 1.55 bits per heavy atom. The first kappa shape index (κ1) is 25.3. The van der Waals surface area contributed by atoms with Crippen LogP contribution in [-0.2, 0) is 13.1 Å². The van der Waals surface area contributed by atoms with E-state index >= 15 is 0 Å². The summed E-state index contributed by atoms with van der Waals surface area (Å²) in [5, 5.41) is 3.38. The molecule has 2 heterocycles. The van der Waals surface area contributed by atoms with Gasteiger partial charge in [0.25, 0.3) is 12.9 Å². The monoisotopic (exact) mass is 452 g/mol. The van der Waals surface area contributed by atoms with Gasteiger partial charge in [0.05, 0.1) is 13.1 Å². The Bertz CT molecular complexity index is 700. The highest BCUT2D eigenvalue weighted by Crippen LogP contribution is 2.09. The molecular formula is C19H22Cl2F4N4. The van der Waals surface area contributed by atoms with Crippen molar-refractivity contribution in [3.05, 3.63) is 70.7 Å². The van der Waals surface area contributed by atoms with Crippen LogP contribution in [-0.4, -0.2) is 47.4 Å². The van der Waals surface area contributed by atoms with Crippen LogP contribution in [0.3, 0.4) is 0 Å². The summed E-state index contributed by atoms with van der Waals surface area (Å²) in [7, 11) is 0. The van der Waals surface area contributed by atoms with Crippen molar-refractivity contribution in [2.45, 2.75) is 25.9 Å². The van der Waals surface area contributed by atoms with E-state index in [0.717, 1.165) is 11.1 Å². The van der Waals surface area contributed by atoms with Gasteiger partial charge in [-0.15, -0.1) is 6.58 Å². The lowest BCUT2D eigenvalue weighted by Crippen LogP contribution is -2.28. The second-order valence-corrected chi connectivity index (χ2v) is 6.65. The van der Waals surface area contributed by atoms with Gasteiger partial charge in [-0.3, -0.25) is 4.90 Å². The summed E-state index contributed by atoms with van der Waals surface area (Å²) in [6.45, 7) is 4.19. The molecule has 0 amide bonds. The maximum atomic E-state index is 12.3. The highest BCUT2D eigenvalue weighted by atomic mass is 35.5. The third-order valence-electron chi connectivity index (χ3n) is 3.39. The van der Waals surface area contributed by atoms with E-state index in [1.54, 1.807) is 47.6 Å². The summed E-state index contributed by atoms with van der Waals surface area (Å²) in [6.07, 6.45) is 0.0802. The lowest BCUT2D eigenvalue weighted by molar-refractivity contribution is 0.0906. The molecule has 2 aromatic heterocycles. The summed E-state index contributed by atoms with van der Waals surface area (Å²) in [4.78, 5) is 9.31. The summed E-state index contributed by atoms with van der Waals surface area (Å²) >= 11 is 11.2. The van der Waals surface area contributed by atoms with Crippen molar-refractivity contribution in [3.63, 3.8) is 0 Å². The van der Waals surface area contributed by atoms with Crippen LogP contribution in [0.15, 0.2) is 49.3 Å². The number of hydrogen-bond donors (Lipinski definition) is 1. The summed E-state index contributed by atoms with van der Waals surface area (Å²) in [5.41, 5.74) is 1.69. The maximum Gasteiger partial charge on any atom is 0.251 e. The van der Waals surface area contributed by atoms with E-state index in [1.807, 2.05) is 0 Å². The molecule has 0 fully saturated rings. The van der Waals surface area contributed by atoms with Crippen LogP contribution in [0.25, 0.3) is 0 Å². The lowest BCUT2D eigenvalue weighted by atomic mass is 10.2. The van der Waals surface area contributed by atoms with Crippen molar-refractivity contribution >= 4 is 23.2 Å². The van der Waals surface area contributed by atoms with Crippen molar-refractivity contribution in [2.75, 3.05) is 19.6 Å².